The molecule has 0 atom stereocenters. The molecule has 0 aliphatic rings. The molecule has 0 aliphatic carbocycles. The van der Waals surface area contributed by atoms with E-state index in [0.717, 1.165) is 38.5 Å². The lowest BCUT2D eigenvalue weighted by Gasteiger charge is -2.09. The molecule has 0 unspecified atom stereocenters. The molecule has 0 bridgehead atoms. The molecule has 2 aromatic heterocycles. The third kappa shape index (κ3) is 3.14. The highest BCUT2D eigenvalue weighted by Crippen LogP contribution is 2.34. The van der Waals surface area contributed by atoms with Crippen LogP contribution >= 0.6 is 11.3 Å². The van der Waals surface area contributed by atoms with Crippen LogP contribution in [0.3, 0.4) is 0 Å². The number of amides is 1. The number of H-pyrrole nitrogens is 1. The van der Waals surface area contributed by atoms with Crippen molar-refractivity contribution < 1.29 is 13.2 Å². The summed E-state index contributed by atoms with van der Waals surface area (Å²) < 4.78 is 26.9. The molecule has 0 aliphatic heterocycles. The molecule has 0 fully saturated rings. The second-order valence-electron chi connectivity index (χ2n) is 5.80. The van der Waals surface area contributed by atoms with E-state index in [1.807, 2.05) is 30.3 Å². The maximum absolute atomic E-state index is 11.7. The highest BCUT2D eigenvalue weighted by atomic mass is 32.2. The normalized spacial score (nSPS) is 11.7. The molecule has 0 radical (unpaired) electrons. The Hall–Kier alpha value is -2.91. The Morgan fingerprint density at radius 3 is 2.77 bits per heavy atom. The number of thiazole rings is 1. The van der Waals surface area contributed by atoms with Gasteiger partial charge in [0.15, 0.2) is 5.13 Å². The van der Waals surface area contributed by atoms with Crippen molar-refractivity contribution in [1.29, 1.82) is 0 Å². The molecule has 4 rings (SSSR count). The summed E-state index contributed by atoms with van der Waals surface area (Å²) in [6.45, 7) is 0. The zero-order chi connectivity index (χ0) is 18.3. The van der Waals surface area contributed by atoms with Crippen LogP contribution < -0.4 is 10.0 Å². The summed E-state index contributed by atoms with van der Waals surface area (Å²) in [5.41, 5.74) is 3.83. The standard InChI is InChI=1S/C17H14N4O3S2/c1-26(23,24)21-14-7-12(6-11-4-5-18-16(11)14)10-2-3-13-15(8-10)25-17(20-13)19-9-22/h2-9,18,21H,1H3,(H,19,20,22). The summed E-state index contributed by atoms with van der Waals surface area (Å²) in [5.74, 6) is 0. The Labute approximate surface area is 153 Å². The fraction of sp³-hybridized carbons (Fsp3) is 0.0588. The second kappa shape index (κ2) is 6.11. The van der Waals surface area contributed by atoms with E-state index in [2.05, 4.69) is 20.0 Å². The average molecular weight is 386 g/mol. The number of nitrogens with one attached hydrogen (secondary N) is 3. The molecule has 7 nitrogen and oxygen atoms in total. The van der Waals surface area contributed by atoms with Gasteiger partial charge in [0.1, 0.15) is 0 Å². The molecular formula is C17H14N4O3S2. The van der Waals surface area contributed by atoms with Gasteiger partial charge in [-0.25, -0.2) is 13.4 Å². The van der Waals surface area contributed by atoms with Crippen LogP contribution in [0.2, 0.25) is 0 Å². The minimum atomic E-state index is -3.40. The minimum Gasteiger partial charge on any atom is -0.359 e. The highest BCUT2D eigenvalue weighted by molar-refractivity contribution is 7.92. The number of benzene rings is 2. The van der Waals surface area contributed by atoms with Crippen molar-refractivity contribution in [3.05, 3.63) is 42.6 Å². The topological polar surface area (TPSA) is 104 Å². The van der Waals surface area contributed by atoms with Gasteiger partial charge in [0.25, 0.3) is 0 Å². The number of carbonyl (C=O) groups excluding carboxylic acids is 1. The number of fused-ring (bicyclic) bond motifs is 2. The van der Waals surface area contributed by atoms with Gasteiger partial charge >= 0.3 is 0 Å². The van der Waals surface area contributed by atoms with Crippen LogP contribution in [-0.2, 0) is 14.8 Å². The van der Waals surface area contributed by atoms with Gasteiger partial charge in [0.2, 0.25) is 16.4 Å². The minimum absolute atomic E-state index is 0.498. The zero-order valence-corrected chi connectivity index (χ0v) is 15.2. The van der Waals surface area contributed by atoms with Crippen molar-refractivity contribution in [1.82, 2.24) is 9.97 Å². The summed E-state index contributed by atoms with van der Waals surface area (Å²) in [5, 5.41) is 4.00. The number of aromatic nitrogens is 2. The molecule has 0 saturated heterocycles. The van der Waals surface area contributed by atoms with Crippen LogP contribution in [0.15, 0.2) is 42.6 Å². The first-order valence-electron chi connectivity index (χ1n) is 7.63. The third-order valence-electron chi connectivity index (χ3n) is 3.86. The van der Waals surface area contributed by atoms with E-state index in [0.29, 0.717) is 17.2 Å². The number of carbonyl (C=O) groups is 1. The summed E-state index contributed by atoms with van der Waals surface area (Å²) in [6.07, 6.45) is 3.49. The Bertz CT molecular complexity index is 1240. The van der Waals surface area contributed by atoms with Gasteiger partial charge in [-0.2, -0.15) is 0 Å². The molecule has 9 heteroatoms. The fourth-order valence-corrected chi connectivity index (χ4v) is 4.26. The van der Waals surface area contributed by atoms with Gasteiger partial charge in [-0.3, -0.25) is 9.52 Å². The van der Waals surface area contributed by atoms with Crippen LogP contribution in [0.1, 0.15) is 0 Å². The number of aromatic amines is 1. The molecule has 4 aromatic rings. The maximum Gasteiger partial charge on any atom is 0.229 e. The van der Waals surface area contributed by atoms with Gasteiger partial charge in [-0.1, -0.05) is 17.4 Å². The van der Waals surface area contributed by atoms with E-state index in [-0.39, 0.29) is 0 Å². The Morgan fingerprint density at radius 2 is 2.00 bits per heavy atom. The number of nitrogens with zero attached hydrogens (tertiary/aromatic N) is 1. The first-order chi connectivity index (χ1) is 12.4. The summed E-state index contributed by atoms with van der Waals surface area (Å²) >= 11 is 1.38. The van der Waals surface area contributed by atoms with E-state index in [1.54, 1.807) is 12.3 Å². The highest BCUT2D eigenvalue weighted by Gasteiger charge is 2.12. The molecule has 0 saturated carbocycles. The molecule has 26 heavy (non-hydrogen) atoms. The summed E-state index contributed by atoms with van der Waals surface area (Å²) in [7, 11) is -3.40. The van der Waals surface area contributed by atoms with Crippen molar-refractivity contribution in [2.45, 2.75) is 0 Å². The second-order valence-corrected chi connectivity index (χ2v) is 8.58. The lowest BCUT2D eigenvalue weighted by atomic mass is 10.0. The molecular weight excluding hydrogens is 372 g/mol. The lowest BCUT2D eigenvalue weighted by molar-refractivity contribution is -0.105. The van der Waals surface area contributed by atoms with E-state index in [1.165, 1.54) is 11.3 Å². The van der Waals surface area contributed by atoms with E-state index in [9.17, 15) is 13.2 Å². The van der Waals surface area contributed by atoms with E-state index < -0.39 is 10.0 Å². The molecule has 2 heterocycles. The number of sulfonamides is 1. The predicted octanol–water partition coefficient (Wildman–Crippen LogP) is 3.38. The van der Waals surface area contributed by atoms with Crippen molar-refractivity contribution in [2.75, 3.05) is 16.3 Å². The van der Waals surface area contributed by atoms with E-state index >= 15 is 0 Å². The number of hydrogen-bond donors (Lipinski definition) is 3. The molecule has 132 valence electrons. The van der Waals surface area contributed by atoms with Crippen LogP contribution in [0.25, 0.3) is 32.2 Å². The first kappa shape index (κ1) is 16.6. The predicted molar refractivity (Wildman–Crippen MR) is 105 cm³/mol. The number of anilines is 2. The largest absolute Gasteiger partial charge is 0.359 e. The Balaban J connectivity index is 1.85. The van der Waals surface area contributed by atoms with Crippen LogP contribution in [0, 0.1) is 0 Å². The van der Waals surface area contributed by atoms with Gasteiger partial charge in [-0.15, -0.1) is 0 Å². The first-order valence-corrected chi connectivity index (χ1v) is 10.3. The van der Waals surface area contributed by atoms with Gasteiger partial charge < -0.3 is 10.3 Å². The van der Waals surface area contributed by atoms with E-state index in [4.69, 9.17) is 0 Å². The zero-order valence-electron chi connectivity index (χ0n) is 13.6. The average Bonchev–Trinajstić information content (AvgIpc) is 3.18. The van der Waals surface area contributed by atoms with Gasteiger partial charge in [0, 0.05) is 11.6 Å². The van der Waals surface area contributed by atoms with Crippen molar-refractivity contribution >= 4 is 59.7 Å². The third-order valence-corrected chi connectivity index (χ3v) is 5.40. The molecule has 1 amide bonds. The Kier molecular flexibility index (Phi) is 3.89. The molecule has 3 N–H and O–H groups in total. The maximum atomic E-state index is 11.7. The van der Waals surface area contributed by atoms with Crippen LogP contribution in [-0.4, -0.2) is 31.1 Å². The SMILES string of the molecule is CS(=O)(=O)Nc1cc(-c2ccc3nc(NC=O)sc3c2)cc2cc[nH]c12. The molecule has 0 spiro atoms. The monoisotopic (exact) mass is 386 g/mol. The quantitative estimate of drug-likeness (QED) is 0.457. The summed E-state index contributed by atoms with van der Waals surface area (Å²) in [4.78, 5) is 18.0. The van der Waals surface area contributed by atoms with Crippen molar-refractivity contribution in [2.24, 2.45) is 0 Å². The van der Waals surface area contributed by atoms with Crippen molar-refractivity contribution in [3.8, 4) is 11.1 Å². The fourth-order valence-electron chi connectivity index (χ4n) is 2.84. The number of hydrogen-bond acceptors (Lipinski definition) is 5. The lowest BCUT2D eigenvalue weighted by Crippen LogP contribution is -2.10. The number of rotatable bonds is 5. The van der Waals surface area contributed by atoms with Crippen molar-refractivity contribution in [3.63, 3.8) is 0 Å². The summed E-state index contributed by atoms with van der Waals surface area (Å²) in [6, 6.07) is 11.5. The Morgan fingerprint density at radius 1 is 1.15 bits per heavy atom. The van der Waals surface area contributed by atoms with Gasteiger partial charge in [0.05, 0.1) is 27.7 Å². The smallest absolute Gasteiger partial charge is 0.229 e. The van der Waals surface area contributed by atoms with Crippen LogP contribution in [0.4, 0.5) is 10.8 Å². The molecule has 2 aromatic carbocycles. The van der Waals surface area contributed by atoms with Crippen LogP contribution in [0.5, 0.6) is 0 Å². The van der Waals surface area contributed by atoms with Gasteiger partial charge in [-0.05, 0) is 41.5 Å².